The van der Waals surface area contributed by atoms with Gasteiger partial charge >= 0.3 is 0 Å². The number of hydrogen-bond donors (Lipinski definition) is 2. The number of hydrogen-bond acceptors (Lipinski definition) is 6. The van der Waals surface area contributed by atoms with Gasteiger partial charge in [-0.25, -0.2) is 22.2 Å². The second-order valence-electron chi connectivity index (χ2n) is 7.23. The summed E-state index contributed by atoms with van der Waals surface area (Å²) in [5, 5.41) is 4.53. The third kappa shape index (κ3) is 4.24. The molecule has 0 amide bonds. The first-order valence-electron chi connectivity index (χ1n) is 9.34. The molecule has 1 aliphatic rings. The van der Waals surface area contributed by atoms with Crippen LogP contribution < -0.4 is 14.9 Å². The Morgan fingerprint density at radius 2 is 2.03 bits per heavy atom. The fraction of sp³-hybridized carbons (Fsp3) is 0.250. The van der Waals surface area contributed by atoms with Gasteiger partial charge in [0.15, 0.2) is 5.82 Å². The normalized spacial score (nSPS) is 16.6. The lowest BCUT2D eigenvalue weighted by Gasteiger charge is -2.23. The van der Waals surface area contributed by atoms with E-state index in [9.17, 15) is 17.2 Å². The largest absolute Gasteiger partial charge is 0.367 e. The summed E-state index contributed by atoms with van der Waals surface area (Å²) in [4.78, 5) is 5.32. The van der Waals surface area contributed by atoms with E-state index in [1.165, 1.54) is 40.4 Å². The van der Waals surface area contributed by atoms with Crippen LogP contribution in [0.3, 0.4) is 0 Å². The summed E-state index contributed by atoms with van der Waals surface area (Å²) in [7, 11) is -4.11. The highest BCUT2D eigenvalue weighted by molar-refractivity contribution is 7.92. The van der Waals surface area contributed by atoms with Crippen LogP contribution in [0.25, 0.3) is 0 Å². The summed E-state index contributed by atoms with van der Waals surface area (Å²) < 4.78 is 56.3. The monoisotopic (exact) mass is 450 g/mol. The van der Waals surface area contributed by atoms with Crippen molar-refractivity contribution in [2.45, 2.75) is 18.2 Å². The number of halogens is 2. The fourth-order valence-electron chi connectivity index (χ4n) is 3.48. The lowest BCUT2D eigenvalue weighted by Crippen LogP contribution is -2.21. The van der Waals surface area contributed by atoms with Crippen LogP contribution in [-0.4, -0.2) is 26.5 Å². The second-order valence-corrected chi connectivity index (χ2v) is 9.59. The summed E-state index contributed by atoms with van der Waals surface area (Å²) in [6, 6.07) is 8.38. The number of nitrogens with one attached hydrogen (secondary N) is 2. The number of para-hydroxylation sites is 1. The van der Waals surface area contributed by atoms with Crippen LogP contribution in [-0.2, 0) is 10.0 Å². The highest BCUT2D eigenvalue weighted by atomic mass is 32.2. The van der Waals surface area contributed by atoms with Gasteiger partial charge in [0.05, 0.1) is 16.9 Å². The van der Waals surface area contributed by atoms with Gasteiger partial charge in [-0.05, 0) is 42.7 Å². The van der Waals surface area contributed by atoms with E-state index >= 15 is 0 Å². The molecule has 1 saturated heterocycles. The van der Waals surface area contributed by atoms with Crippen molar-refractivity contribution in [1.29, 1.82) is 0 Å². The van der Waals surface area contributed by atoms with Gasteiger partial charge in [-0.15, -0.1) is 11.3 Å². The molecule has 0 radical (unpaired) electrons. The molecule has 1 unspecified atom stereocenters. The zero-order valence-electron chi connectivity index (χ0n) is 16.1. The van der Waals surface area contributed by atoms with E-state index in [-0.39, 0.29) is 11.6 Å². The fourth-order valence-corrected chi connectivity index (χ4v) is 5.10. The molecule has 0 bridgehead atoms. The summed E-state index contributed by atoms with van der Waals surface area (Å²) in [6.45, 7) is 3.59. The quantitative estimate of drug-likeness (QED) is 0.564. The van der Waals surface area contributed by atoms with E-state index < -0.39 is 20.7 Å². The molecule has 1 aromatic heterocycles. The Labute approximate surface area is 177 Å². The van der Waals surface area contributed by atoms with E-state index in [1.54, 1.807) is 12.1 Å². The molecule has 158 valence electrons. The molecular formula is C20H20F2N4O2S2. The predicted octanol–water partition coefficient (Wildman–Crippen LogP) is 4.81. The summed E-state index contributed by atoms with van der Waals surface area (Å²) in [5.41, 5.74) is 2.72. The summed E-state index contributed by atoms with van der Waals surface area (Å²) >= 11 is 1.22. The first-order valence-corrected chi connectivity index (χ1v) is 11.8. The Balaban J connectivity index is 1.60. The average Bonchev–Trinajstić information content (AvgIpc) is 3.33. The minimum atomic E-state index is -4.11. The molecule has 1 fully saturated rings. The van der Waals surface area contributed by atoms with Crippen molar-refractivity contribution in [3.05, 3.63) is 58.9 Å². The third-order valence-electron chi connectivity index (χ3n) is 4.90. The van der Waals surface area contributed by atoms with Gasteiger partial charge in [-0.1, -0.05) is 13.0 Å². The van der Waals surface area contributed by atoms with Crippen LogP contribution in [0, 0.1) is 17.6 Å². The van der Waals surface area contributed by atoms with E-state index in [4.69, 9.17) is 0 Å². The molecule has 30 heavy (non-hydrogen) atoms. The zero-order chi connectivity index (χ0) is 21.3. The van der Waals surface area contributed by atoms with Crippen LogP contribution in [0.15, 0.2) is 52.2 Å². The lowest BCUT2D eigenvalue weighted by atomic mass is 10.2. The van der Waals surface area contributed by atoms with Gasteiger partial charge in [0.1, 0.15) is 16.5 Å². The predicted molar refractivity (Wildman–Crippen MR) is 115 cm³/mol. The highest BCUT2D eigenvalue weighted by Gasteiger charge is 2.24. The van der Waals surface area contributed by atoms with Crippen LogP contribution in [0.5, 0.6) is 0 Å². The minimum absolute atomic E-state index is 0.130. The van der Waals surface area contributed by atoms with Gasteiger partial charge in [-0.3, -0.25) is 4.72 Å². The van der Waals surface area contributed by atoms with E-state index in [1.807, 2.05) is 4.90 Å². The smallest absolute Gasteiger partial charge is 0.265 e. The minimum Gasteiger partial charge on any atom is -0.367 e. The lowest BCUT2D eigenvalue weighted by molar-refractivity contribution is 0.570. The first kappa shape index (κ1) is 20.5. The number of sulfonamides is 1. The molecular weight excluding hydrogens is 430 g/mol. The number of benzene rings is 2. The number of anilines is 4. The van der Waals surface area contributed by atoms with Gasteiger partial charge in [0.2, 0.25) is 0 Å². The van der Waals surface area contributed by atoms with Crippen molar-refractivity contribution in [3.63, 3.8) is 0 Å². The number of thiazole rings is 1. The van der Waals surface area contributed by atoms with Crippen LogP contribution >= 0.6 is 11.3 Å². The average molecular weight is 451 g/mol. The molecule has 0 saturated carbocycles. The number of nitrogens with zero attached hydrogens (tertiary/aromatic N) is 2. The molecule has 3 aromatic rings. The number of aromatic nitrogens is 1. The maximum atomic E-state index is 14.6. The van der Waals surface area contributed by atoms with Crippen LogP contribution in [0.2, 0.25) is 0 Å². The Morgan fingerprint density at radius 1 is 1.20 bits per heavy atom. The molecule has 2 aromatic carbocycles. The zero-order valence-corrected chi connectivity index (χ0v) is 17.7. The topological polar surface area (TPSA) is 74.3 Å². The molecule has 0 spiro atoms. The molecule has 4 rings (SSSR count). The van der Waals surface area contributed by atoms with Crippen molar-refractivity contribution in [3.8, 4) is 0 Å². The van der Waals surface area contributed by atoms with Crippen LogP contribution in [0.1, 0.15) is 13.3 Å². The standard InChI is InChI=1S/C20H20F2N4O2S2/c1-13-7-8-26(10-13)20-15(21)3-2-4-17(20)24-14-5-6-18(16(22)9-14)30(27,28)25-19-11-29-12-23-19/h2-6,9,11-13,24-25H,7-8,10H2,1H3. The molecule has 1 atom stereocenters. The first-order chi connectivity index (χ1) is 14.3. The summed E-state index contributed by atoms with van der Waals surface area (Å²) in [6.07, 6.45) is 0.973. The van der Waals surface area contributed by atoms with Gasteiger partial charge in [-0.2, -0.15) is 0 Å². The van der Waals surface area contributed by atoms with Crippen molar-refractivity contribution < 1.29 is 17.2 Å². The molecule has 2 heterocycles. The Bertz CT molecular complexity index is 1150. The van der Waals surface area contributed by atoms with Crippen molar-refractivity contribution in [2.24, 2.45) is 5.92 Å². The number of rotatable bonds is 6. The third-order valence-corrected chi connectivity index (χ3v) is 6.87. The van der Waals surface area contributed by atoms with Crippen molar-refractivity contribution in [1.82, 2.24) is 4.98 Å². The second kappa shape index (κ2) is 8.19. The Morgan fingerprint density at radius 3 is 2.70 bits per heavy atom. The Kier molecular flexibility index (Phi) is 5.61. The van der Waals surface area contributed by atoms with Gasteiger partial charge in [0, 0.05) is 24.2 Å². The molecule has 1 aliphatic heterocycles. The van der Waals surface area contributed by atoms with Gasteiger partial charge < -0.3 is 10.2 Å². The van der Waals surface area contributed by atoms with Crippen molar-refractivity contribution in [2.75, 3.05) is 28.0 Å². The molecule has 2 N–H and O–H groups in total. The Hall–Kier alpha value is -2.72. The van der Waals surface area contributed by atoms with E-state index in [2.05, 4.69) is 21.9 Å². The molecule has 6 nitrogen and oxygen atoms in total. The summed E-state index contributed by atoms with van der Waals surface area (Å²) in [5.74, 6) is -0.688. The highest BCUT2D eigenvalue weighted by Crippen LogP contribution is 2.35. The SMILES string of the molecule is CC1CCN(c2c(F)cccc2Nc2ccc(S(=O)(=O)Nc3cscn3)c(F)c2)C1. The van der Waals surface area contributed by atoms with E-state index in [0.29, 0.717) is 23.0 Å². The van der Waals surface area contributed by atoms with E-state index in [0.717, 1.165) is 25.6 Å². The molecule has 10 heteroatoms. The molecule has 0 aliphatic carbocycles. The maximum absolute atomic E-state index is 14.6. The van der Waals surface area contributed by atoms with Gasteiger partial charge in [0.25, 0.3) is 10.0 Å². The van der Waals surface area contributed by atoms with Crippen LogP contribution in [0.4, 0.5) is 31.7 Å². The maximum Gasteiger partial charge on any atom is 0.265 e. The van der Waals surface area contributed by atoms with Crippen molar-refractivity contribution >= 4 is 44.2 Å².